The van der Waals surface area contributed by atoms with E-state index >= 15 is 0 Å². The first kappa shape index (κ1) is 7.63. The number of hydrogen-bond donors (Lipinski definition) is 0. The third-order valence-corrected chi connectivity index (χ3v) is 3.24. The molecule has 58 valence electrons. The summed E-state index contributed by atoms with van der Waals surface area (Å²) in [5, 5.41) is 0.842. The molecular formula is C9H8BrCl. The molecule has 2 atom stereocenters. The molecule has 0 heterocycles. The second-order valence-corrected chi connectivity index (χ2v) is 4.53. The predicted molar refractivity (Wildman–Crippen MR) is 51.5 cm³/mol. The number of rotatable bonds is 1. The Labute approximate surface area is 79.7 Å². The summed E-state index contributed by atoms with van der Waals surface area (Å²) in [5.41, 5.74) is 1.36. The van der Waals surface area contributed by atoms with E-state index in [4.69, 9.17) is 11.6 Å². The minimum atomic E-state index is 0.681. The van der Waals surface area contributed by atoms with Crippen LogP contribution in [0.15, 0.2) is 24.3 Å². The molecule has 2 heteroatoms. The van der Waals surface area contributed by atoms with Gasteiger partial charge in [0.2, 0.25) is 0 Å². The fourth-order valence-electron chi connectivity index (χ4n) is 1.25. The number of hydrogen-bond acceptors (Lipinski definition) is 0. The molecule has 11 heavy (non-hydrogen) atoms. The Morgan fingerprint density at radius 3 is 2.73 bits per heavy atom. The lowest BCUT2D eigenvalue weighted by Crippen LogP contribution is -1.79. The Balaban J connectivity index is 2.25. The van der Waals surface area contributed by atoms with Crippen LogP contribution < -0.4 is 0 Å². The highest BCUT2D eigenvalue weighted by atomic mass is 79.9. The highest BCUT2D eigenvalue weighted by molar-refractivity contribution is 9.09. The second-order valence-electron chi connectivity index (χ2n) is 2.91. The minimum absolute atomic E-state index is 0.681. The van der Waals surface area contributed by atoms with Gasteiger partial charge in [0.1, 0.15) is 0 Å². The summed E-state index contributed by atoms with van der Waals surface area (Å²) in [6.07, 6.45) is 1.25. The van der Waals surface area contributed by atoms with Gasteiger partial charge in [-0.15, -0.1) is 0 Å². The minimum Gasteiger partial charge on any atom is -0.0884 e. The molecule has 1 fully saturated rings. The zero-order valence-electron chi connectivity index (χ0n) is 5.93. The smallest absolute Gasteiger partial charge is 0.0408 e. The largest absolute Gasteiger partial charge is 0.0884 e. The molecule has 0 bridgehead atoms. The molecule has 1 aromatic carbocycles. The molecule has 1 aliphatic carbocycles. The van der Waals surface area contributed by atoms with E-state index < -0.39 is 0 Å². The fourth-order valence-corrected chi connectivity index (χ4v) is 2.15. The van der Waals surface area contributed by atoms with Crippen molar-refractivity contribution in [2.75, 3.05) is 0 Å². The molecular weight excluding hydrogens is 223 g/mol. The summed E-state index contributed by atoms with van der Waals surface area (Å²) in [4.78, 5) is 0.681. The SMILES string of the molecule is Clc1cccc([C@H]2C[C@@H]2Br)c1. The van der Waals surface area contributed by atoms with Crippen molar-refractivity contribution in [2.45, 2.75) is 17.2 Å². The lowest BCUT2D eigenvalue weighted by atomic mass is 10.1. The summed E-state index contributed by atoms with van der Waals surface area (Å²) in [6.45, 7) is 0. The van der Waals surface area contributed by atoms with Crippen molar-refractivity contribution in [1.82, 2.24) is 0 Å². The van der Waals surface area contributed by atoms with E-state index in [1.165, 1.54) is 12.0 Å². The maximum absolute atomic E-state index is 5.85. The maximum Gasteiger partial charge on any atom is 0.0408 e. The summed E-state index contributed by atoms with van der Waals surface area (Å²) in [5.74, 6) is 0.702. The van der Waals surface area contributed by atoms with Crippen molar-refractivity contribution >= 4 is 27.5 Å². The van der Waals surface area contributed by atoms with Gasteiger partial charge in [-0.25, -0.2) is 0 Å². The van der Waals surface area contributed by atoms with Gasteiger partial charge in [-0.2, -0.15) is 0 Å². The van der Waals surface area contributed by atoms with Gasteiger partial charge in [0.15, 0.2) is 0 Å². The summed E-state index contributed by atoms with van der Waals surface area (Å²) < 4.78 is 0. The molecule has 0 amide bonds. The Kier molecular flexibility index (Phi) is 1.94. The van der Waals surface area contributed by atoms with Crippen molar-refractivity contribution in [3.63, 3.8) is 0 Å². The average molecular weight is 232 g/mol. The van der Waals surface area contributed by atoms with Crippen LogP contribution in [0.3, 0.4) is 0 Å². The van der Waals surface area contributed by atoms with Crippen LogP contribution in [0, 0.1) is 0 Å². The molecule has 0 saturated heterocycles. The van der Waals surface area contributed by atoms with E-state index in [-0.39, 0.29) is 0 Å². The summed E-state index contributed by atoms with van der Waals surface area (Å²) in [6, 6.07) is 8.11. The zero-order valence-corrected chi connectivity index (χ0v) is 8.27. The van der Waals surface area contributed by atoms with Crippen molar-refractivity contribution in [1.29, 1.82) is 0 Å². The van der Waals surface area contributed by atoms with Crippen molar-refractivity contribution < 1.29 is 0 Å². The van der Waals surface area contributed by atoms with Crippen LogP contribution in [0.4, 0.5) is 0 Å². The Bertz CT molecular complexity index is 272. The highest BCUT2D eigenvalue weighted by Crippen LogP contribution is 2.46. The van der Waals surface area contributed by atoms with Gasteiger partial charge in [0.05, 0.1) is 0 Å². The second kappa shape index (κ2) is 2.80. The van der Waals surface area contributed by atoms with Crippen LogP contribution in [0.1, 0.15) is 17.9 Å². The van der Waals surface area contributed by atoms with Crippen LogP contribution in [0.25, 0.3) is 0 Å². The zero-order chi connectivity index (χ0) is 7.84. The average Bonchev–Trinajstić information content (AvgIpc) is 2.67. The van der Waals surface area contributed by atoms with Crippen molar-refractivity contribution in [3.8, 4) is 0 Å². The fraction of sp³-hybridized carbons (Fsp3) is 0.333. The summed E-state index contributed by atoms with van der Waals surface area (Å²) in [7, 11) is 0. The molecule has 0 nitrogen and oxygen atoms in total. The molecule has 0 aliphatic heterocycles. The Morgan fingerprint density at radius 2 is 2.18 bits per heavy atom. The number of alkyl halides is 1. The van der Waals surface area contributed by atoms with E-state index in [0.717, 1.165) is 5.02 Å². The quantitative estimate of drug-likeness (QED) is 0.648. The van der Waals surface area contributed by atoms with E-state index in [1.54, 1.807) is 0 Å². The van der Waals surface area contributed by atoms with Crippen LogP contribution >= 0.6 is 27.5 Å². The standard InChI is InChI=1S/C9H8BrCl/c10-9-5-8(9)6-2-1-3-7(11)4-6/h1-4,8-9H,5H2/t8-,9+/m1/s1. The van der Waals surface area contributed by atoms with Gasteiger partial charge < -0.3 is 0 Å². The van der Waals surface area contributed by atoms with Crippen molar-refractivity contribution in [2.24, 2.45) is 0 Å². The molecule has 0 unspecified atom stereocenters. The van der Waals surface area contributed by atoms with Crippen LogP contribution in [-0.2, 0) is 0 Å². The van der Waals surface area contributed by atoms with Gasteiger partial charge in [-0.05, 0) is 30.0 Å². The van der Waals surface area contributed by atoms with Gasteiger partial charge in [-0.1, -0.05) is 39.7 Å². The Morgan fingerprint density at radius 1 is 1.45 bits per heavy atom. The molecule has 1 saturated carbocycles. The first-order chi connectivity index (χ1) is 5.27. The monoisotopic (exact) mass is 230 g/mol. The molecule has 0 spiro atoms. The first-order valence-corrected chi connectivity index (χ1v) is 4.96. The number of benzene rings is 1. The molecule has 2 rings (SSSR count). The lowest BCUT2D eigenvalue weighted by Gasteiger charge is -1.96. The maximum atomic E-state index is 5.85. The van der Waals surface area contributed by atoms with E-state index in [1.807, 2.05) is 18.2 Å². The van der Waals surface area contributed by atoms with Gasteiger partial charge in [0.25, 0.3) is 0 Å². The van der Waals surface area contributed by atoms with Gasteiger partial charge in [-0.3, -0.25) is 0 Å². The van der Waals surface area contributed by atoms with E-state index in [9.17, 15) is 0 Å². The molecule has 0 N–H and O–H groups in total. The van der Waals surface area contributed by atoms with Gasteiger partial charge in [0, 0.05) is 9.85 Å². The Hall–Kier alpha value is -0.0100. The third kappa shape index (κ3) is 1.60. The van der Waals surface area contributed by atoms with Crippen molar-refractivity contribution in [3.05, 3.63) is 34.9 Å². The van der Waals surface area contributed by atoms with E-state index in [0.29, 0.717) is 10.7 Å². The topological polar surface area (TPSA) is 0 Å². The van der Waals surface area contributed by atoms with Crippen LogP contribution in [0.5, 0.6) is 0 Å². The molecule has 1 aromatic rings. The van der Waals surface area contributed by atoms with E-state index in [2.05, 4.69) is 22.0 Å². The van der Waals surface area contributed by atoms with Gasteiger partial charge >= 0.3 is 0 Å². The highest BCUT2D eigenvalue weighted by Gasteiger charge is 2.35. The first-order valence-electron chi connectivity index (χ1n) is 3.67. The molecule has 0 radical (unpaired) electrons. The van der Waals surface area contributed by atoms with Crippen LogP contribution in [0.2, 0.25) is 5.02 Å². The lowest BCUT2D eigenvalue weighted by molar-refractivity contribution is 1.14. The predicted octanol–water partition coefficient (Wildman–Crippen LogP) is 3.59. The van der Waals surface area contributed by atoms with Crippen LogP contribution in [-0.4, -0.2) is 4.83 Å². The molecule has 1 aliphatic rings. The number of halogens is 2. The third-order valence-electron chi connectivity index (χ3n) is 1.99. The molecule has 0 aromatic heterocycles. The summed E-state index contributed by atoms with van der Waals surface area (Å²) >= 11 is 9.42. The normalized spacial score (nSPS) is 28.5.